The third-order valence-corrected chi connectivity index (χ3v) is 5.02. The van der Waals surface area contributed by atoms with Crippen molar-refractivity contribution in [2.24, 2.45) is 5.92 Å². The lowest BCUT2D eigenvalue weighted by atomic mass is 9.84. The van der Waals surface area contributed by atoms with Gasteiger partial charge in [0.05, 0.1) is 5.92 Å². The second-order valence-electron chi connectivity index (χ2n) is 6.98. The van der Waals surface area contributed by atoms with E-state index in [9.17, 15) is 9.59 Å². The third-order valence-electron chi connectivity index (χ3n) is 5.02. The molecule has 0 aromatic heterocycles. The van der Waals surface area contributed by atoms with Gasteiger partial charge in [-0.25, -0.2) is 4.79 Å². The van der Waals surface area contributed by atoms with Gasteiger partial charge in [-0.2, -0.15) is 0 Å². The molecule has 1 saturated heterocycles. The summed E-state index contributed by atoms with van der Waals surface area (Å²) in [6.07, 6.45) is 0.751. The molecule has 2 aromatic rings. The second kappa shape index (κ2) is 9.21. The SMILES string of the molecule is CCNC(=O)N1CC(C(=O)NCc2ccccc2)CC(c2ccccc2)C1. The molecule has 3 rings (SSSR count). The zero-order valence-electron chi connectivity index (χ0n) is 15.7. The van der Waals surface area contributed by atoms with Crippen LogP contribution in [0.15, 0.2) is 60.7 Å². The Morgan fingerprint density at radius 1 is 0.963 bits per heavy atom. The van der Waals surface area contributed by atoms with E-state index in [2.05, 4.69) is 22.8 Å². The number of nitrogens with zero attached hydrogens (tertiary/aromatic N) is 1. The lowest BCUT2D eigenvalue weighted by Gasteiger charge is -2.37. The number of benzene rings is 2. The highest BCUT2D eigenvalue weighted by atomic mass is 16.2. The molecule has 5 nitrogen and oxygen atoms in total. The lowest BCUT2D eigenvalue weighted by molar-refractivity contribution is -0.126. The van der Waals surface area contributed by atoms with Gasteiger partial charge in [-0.15, -0.1) is 0 Å². The van der Waals surface area contributed by atoms with Gasteiger partial charge in [0.2, 0.25) is 5.91 Å². The standard InChI is InChI=1S/C22H27N3O2/c1-2-23-22(27)25-15-19(18-11-7-4-8-12-18)13-20(16-25)21(26)24-14-17-9-5-3-6-10-17/h3-12,19-20H,2,13-16H2,1H3,(H,23,27)(H,24,26). The zero-order chi connectivity index (χ0) is 19.1. The van der Waals surface area contributed by atoms with Crippen LogP contribution in [0.2, 0.25) is 0 Å². The zero-order valence-corrected chi connectivity index (χ0v) is 15.7. The fourth-order valence-electron chi connectivity index (χ4n) is 3.61. The maximum Gasteiger partial charge on any atom is 0.317 e. The van der Waals surface area contributed by atoms with E-state index >= 15 is 0 Å². The number of urea groups is 1. The van der Waals surface area contributed by atoms with Crippen molar-refractivity contribution in [1.29, 1.82) is 0 Å². The molecule has 1 aliphatic heterocycles. The smallest absolute Gasteiger partial charge is 0.317 e. The third kappa shape index (κ3) is 5.09. The predicted molar refractivity (Wildman–Crippen MR) is 106 cm³/mol. The number of rotatable bonds is 5. The molecule has 0 radical (unpaired) electrons. The van der Waals surface area contributed by atoms with Crippen molar-refractivity contribution in [3.8, 4) is 0 Å². The molecule has 0 saturated carbocycles. The van der Waals surface area contributed by atoms with Crippen LogP contribution < -0.4 is 10.6 Å². The molecule has 27 heavy (non-hydrogen) atoms. The van der Waals surface area contributed by atoms with Crippen molar-refractivity contribution in [3.05, 3.63) is 71.8 Å². The van der Waals surface area contributed by atoms with Crippen LogP contribution in [0.4, 0.5) is 4.79 Å². The minimum Gasteiger partial charge on any atom is -0.352 e. The Hall–Kier alpha value is -2.82. The molecule has 3 amide bonds. The minimum absolute atomic E-state index is 0.00813. The maximum absolute atomic E-state index is 12.8. The Balaban J connectivity index is 1.70. The molecule has 1 fully saturated rings. The molecule has 1 heterocycles. The number of carbonyl (C=O) groups excluding carboxylic acids is 2. The Kier molecular flexibility index (Phi) is 6.47. The van der Waals surface area contributed by atoms with Gasteiger partial charge in [-0.05, 0) is 24.5 Å². The number of carbonyl (C=O) groups is 2. The average Bonchev–Trinajstić information content (AvgIpc) is 2.73. The van der Waals surface area contributed by atoms with E-state index < -0.39 is 0 Å². The van der Waals surface area contributed by atoms with E-state index in [4.69, 9.17) is 0 Å². The van der Waals surface area contributed by atoms with Crippen molar-refractivity contribution in [3.63, 3.8) is 0 Å². The maximum atomic E-state index is 12.8. The van der Waals surface area contributed by atoms with Gasteiger partial charge in [-0.1, -0.05) is 60.7 Å². The van der Waals surface area contributed by atoms with Crippen LogP contribution in [0.3, 0.4) is 0 Å². The van der Waals surface area contributed by atoms with Gasteiger partial charge in [-0.3, -0.25) is 4.79 Å². The number of likely N-dealkylation sites (tertiary alicyclic amines) is 1. The molecule has 142 valence electrons. The topological polar surface area (TPSA) is 61.4 Å². The summed E-state index contributed by atoms with van der Waals surface area (Å²) in [5.41, 5.74) is 2.24. The number of hydrogen-bond donors (Lipinski definition) is 2. The molecule has 2 unspecified atom stereocenters. The van der Waals surface area contributed by atoms with E-state index in [-0.39, 0.29) is 23.8 Å². The van der Waals surface area contributed by atoms with Crippen molar-refractivity contribution in [2.45, 2.75) is 25.8 Å². The summed E-state index contributed by atoms with van der Waals surface area (Å²) < 4.78 is 0. The summed E-state index contributed by atoms with van der Waals surface area (Å²) in [5, 5.41) is 5.89. The number of amides is 3. The molecular formula is C22H27N3O2. The van der Waals surface area contributed by atoms with Crippen LogP contribution in [-0.2, 0) is 11.3 Å². The Bertz CT molecular complexity index is 749. The summed E-state index contributed by atoms with van der Waals surface area (Å²) in [4.78, 5) is 27.0. The predicted octanol–water partition coefficient (Wildman–Crippen LogP) is 3.14. The highest BCUT2D eigenvalue weighted by molar-refractivity contribution is 5.81. The Morgan fingerprint density at radius 2 is 1.63 bits per heavy atom. The van der Waals surface area contributed by atoms with E-state index in [1.54, 1.807) is 4.90 Å². The van der Waals surface area contributed by atoms with E-state index in [0.29, 0.717) is 26.2 Å². The first-order chi connectivity index (χ1) is 13.2. The average molecular weight is 365 g/mol. The molecule has 0 aliphatic carbocycles. The van der Waals surface area contributed by atoms with Gasteiger partial charge >= 0.3 is 6.03 Å². The van der Waals surface area contributed by atoms with Crippen molar-refractivity contribution in [2.75, 3.05) is 19.6 Å². The summed E-state index contributed by atoms with van der Waals surface area (Å²) in [7, 11) is 0. The molecule has 0 spiro atoms. The molecule has 1 aliphatic rings. The van der Waals surface area contributed by atoms with Crippen molar-refractivity contribution >= 4 is 11.9 Å². The van der Waals surface area contributed by atoms with Crippen molar-refractivity contribution in [1.82, 2.24) is 15.5 Å². The van der Waals surface area contributed by atoms with Crippen LogP contribution >= 0.6 is 0 Å². The van der Waals surface area contributed by atoms with Gasteiger partial charge in [0, 0.05) is 32.1 Å². The van der Waals surface area contributed by atoms with E-state index in [1.807, 2.05) is 55.5 Å². The van der Waals surface area contributed by atoms with Gasteiger partial charge in [0.1, 0.15) is 0 Å². The van der Waals surface area contributed by atoms with Gasteiger partial charge in [0.25, 0.3) is 0 Å². The highest BCUT2D eigenvalue weighted by Crippen LogP contribution is 2.30. The Labute approximate surface area is 160 Å². The summed E-state index contributed by atoms with van der Waals surface area (Å²) in [6, 6.07) is 19.9. The van der Waals surface area contributed by atoms with Crippen LogP contribution in [0, 0.1) is 5.92 Å². The van der Waals surface area contributed by atoms with E-state index in [1.165, 1.54) is 5.56 Å². The quantitative estimate of drug-likeness (QED) is 0.855. The normalized spacial score (nSPS) is 19.4. The fraction of sp³-hybridized carbons (Fsp3) is 0.364. The van der Waals surface area contributed by atoms with Crippen LogP contribution in [0.25, 0.3) is 0 Å². The number of hydrogen-bond acceptors (Lipinski definition) is 2. The first kappa shape index (κ1) is 19.0. The van der Waals surface area contributed by atoms with Crippen molar-refractivity contribution < 1.29 is 9.59 Å². The minimum atomic E-state index is -0.213. The molecule has 0 bridgehead atoms. The summed E-state index contributed by atoms with van der Waals surface area (Å²) >= 11 is 0. The molecule has 2 aromatic carbocycles. The number of piperidine rings is 1. The lowest BCUT2D eigenvalue weighted by Crippen LogP contribution is -2.51. The Morgan fingerprint density at radius 3 is 2.30 bits per heavy atom. The van der Waals surface area contributed by atoms with Crippen LogP contribution in [-0.4, -0.2) is 36.5 Å². The molecular weight excluding hydrogens is 338 g/mol. The summed E-state index contributed by atoms with van der Waals surface area (Å²) in [5.74, 6) is -0.0425. The first-order valence-electron chi connectivity index (χ1n) is 9.56. The highest BCUT2D eigenvalue weighted by Gasteiger charge is 2.34. The van der Waals surface area contributed by atoms with E-state index in [0.717, 1.165) is 12.0 Å². The monoisotopic (exact) mass is 365 g/mol. The molecule has 2 N–H and O–H groups in total. The van der Waals surface area contributed by atoms with Gasteiger partial charge in [0.15, 0.2) is 0 Å². The fourth-order valence-corrected chi connectivity index (χ4v) is 3.61. The van der Waals surface area contributed by atoms with Crippen LogP contribution in [0.5, 0.6) is 0 Å². The summed E-state index contributed by atoms with van der Waals surface area (Å²) in [6.45, 7) is 4.08. The van der Waals surface area contributed by atoms with Gasteiger partial charge < -0.3 is 15.5 Å². The second-order valence-corrected chi connectivity index (χ2v) is 6.98. The molecule has 5 heteroatoms. The number of nitrogens with one attached hydrogen (secondary N) is 2. The largest absolute Gasteiger partial charge is 0.352 e. The molecule has 2 atom stereocenters. The van der Waals surface area contributed by atoms with Crippen LogP contribution in [0.1, 0.15) is 30.4 Å². The first-order valence-corrected chi connectivity index (χ1v) is 9.56.